The van der Waals surface area contributed by atoms with Gasteiger partial charge < -0.3 is 0 Å². The summed E-state index contributed by atoms with van der Waals surface area (Å²) in [5.41, 5.74) is 0. The summed E-state index contributed by atoms with van der Waals surface area (Å²) in [5.74, 6) is 1.56. The molecule has 0 amide bonds. The maximum absolute atomic E-state index is 3.68. The van der Waals surface area contributed by atoms with Gasteiger partial charge in [-0.25, -0.2) is 0 Å². The van der Waals surface area contributed by atoms with Crippen molar-refractivity contribution in [2.75, 3.05) is 0 Å². The Hall–Kier alpha value is 0.700. The number of hydrogen-bond acceptors (Lipinski definition) is 0. The van der Waals surface area contributed by atoms with Gasteiger partial charge in [-0.2, -0.15) is 0 Å². The van der Waals surface area contributed by atoms with Crippen LogP contribution in [0, 0.1) is 11.8 Å². The summed E-state index contributed by atoms with van der Waals surface area (Å²) in [5, 5.41) is 0. The number of hydrogen-bond donors (Lipinski definition) is 0. The molecule has 2 aliphatic rings. The fourth-order valence-electron chi connectivity index (χ4n) is 1.71. The standard InChI is InChI=1S/C7H8Br2/c8-6-3-4-1-2-5(6)7(4)9/h1-2,4-7H,3H2/t4-,5+,6-,7?/m1/s1. The van der Waals surface area contributed by atoms with Crippen molar-refractivity contribution in [3.05, 3.63) is 12.2 Å². The minimum atomic E-state index is 0.724. The van der Waals surface area contributed by atoms with Gasteiger partial charge in [0, 0.05) is 15.6 Å². The fraction of sp³-hybridized carbons (Fsp3) is 0.714. The van der Waals surface area contributed by atoms with Crippen LogP contribution in [0.25, 0.3) is 0 Å². The van der Waals surface area contributed by atoms with E-state index in [1.54, 1.807) is 0 Å². The Bertz CT molecular complexity index is 153. The monoisotopic (exact) mass is 250 g/mol. The summed E-state index contributed by atoms with van der Waals surface area (Å²) < 4.78 is 0. The van der Waals surface area contributed by atoms with Crippen molar-refractivity contribution in [3.8, 4) is 0 Å². The van der Waals surface area contributed by atoms with E-state index in [9.17, 15) is 0 Å². The maximum Gasteiger partial charge on any atom is 0.0282 e. The van der Waals surface area contributed by atoms with Crippen molar-refractivity contribution < 1.29 is 0 Å². The first-order valence-corrected chi connectivity index (χ1v) is 5.08. The summed E-state index contributed by atoms with van der Waals surface area (Å²) in [6.45, 7) is 0. The average Bonchev–Trinajstić information content (AvgIpc) is 2.25. The lowest BCUT2D eigenvalue weighted by atomic mass is 10.1. The first-order valence-electron chi connectivity index (χ1n) is 3.25. The zero-order chi connectivity index (χ0) is 6.43. The highest BCUT2D eigenvalue weighted by Gasteiger charge is 2.41. The molecule has 2 aliphatic carbocycles. The largest absolute Gasteiger partial charge is 0.0884 e. The second kappa shape index (κ2) is 2.09. The van der Waals surface area contributed by atoms with Crippen LogP contribution in [0.1, 0.15) is 6.42 Å². The van der Waals surface area contributed by atoms with Gasteiger partial charge in [0.05, 0.1) is 0 Å². The third kappa shape index (κ3) is 0.829. The van der Waals surface area contributed by atoms with Crippen molar-refractivity contribution in [2.24, 2.45) is 11.8 Å². The highest BCUT2D eigenvalue weighted by molar-refractivity contribution is 9.10. The quantitative estimate of drug-likeness (QED) is 0.459. The molecule has 0 N–H and O–H groups in total. The molecule has 9 heavy (non-hydrogen) atoms. The van der Waals surface area contributed by atoms with Crippen molar-refractivity contribution in [2.45, 2.75) is 16.1 Å². The van der Waals surface area contributed by atoms with Gasteiger partial charge in [-0.05, 0) is 12.3 Å². The SMILES string of the molecule is BrC1[C@@H]2C=C[C@H]1[C@H](Br)C2. The zero-order valence-electron chi connectivity index (χ0n) is 4.93. The van der Waals surface area contributed by atoms with Crippen molar-refractivity contribution in [3.63, 3.8) is 0 Å². The lowest BCUT2D eigenvalue weighted by molar-refractivity contribution is 0.721. The predicted molar refractivity (Wildman–Crippen MR) is 46.2 cm³/mol. The van der Waals surface area contributed by atoms with Crippen LogP contribution in [0.2, 0.25) is 0 Å². The molecule has 2 rings (SSSR count). The van der Waals surface area contributed by atoms with Crippen LogP contribution in [-0.4, -0.2) is 9.65 Å². The van der Waals surface area contributed by atoms with E-state index in [0.29, 0.717) is 0 Å². The van der Waals surface area contributed by atoms with E-state index >= 15 is 0 Å². The van der Waals surface area contributed by atoms with Gasteiger partial charge in [0.25, 0.3) is 0 Å². The van der Waals surface area contributed by atoms with Crippen LogP contribution in [0.3, 0.4) is 0 Å². The number of halogens is 2. The molecule has 1 saturated carbocycles. The predicted octanol–water partition coefficient (Wildman–Crippen LogP) is 2.72. The Balaban J connectivity index is 2.26. The number of fused-ring (bicyclic) bond motifs is 2. The van der Waals surface area contributed by atoms with Gasteiger partial charge in [-0.3, -0.25) is 0 Å². The van der Waals surface area contributed by atoms with Gasteiger partial charge in [0.15, 0.2) is 0 Å². The molecule has 2 heteroatoms. The summed E-state index contributed by atoms with van der Waals surface area (Å²) >= 11 is 7.33. The number of allylic oxidation sites excluding steroid dienone is 2. The minimum Gasteiger partial charge on any atom is -0.0884 e. The van der Waals surface area contributed by atoms with E-state index < -0.39 is 0 Å². The summed E-state index contributed by atoms with van der Waals surface area (Å²) in [6.07, 6.45) is 5.98. The Morgan fingerprint density at radius 1 is 1.22 bits per heavy atom. The Labute approximate surface area is 72.0 Å². The van der Waals surface area contributed by atoms with Crippen LogP contribution >= 0.6 is 31.9 Å². The molecule has 50 valence electrons. The maximum atomic E-state index is 3.68. The van der Waals surface area contributed by atoms with Gasteiger partial charge in [0.2, 0.25) is 0 Å². The van der Waals surface area contributed by atoms with Crippen molar-refractivity contribution in [1.82, 2.24) is 0 Å². The van der Waals surface area contributed by atoms with Crippen molar-refractivity contribution in [1.29, 1.82) is 0 Å². The molecule has 1 unspecified atom stereocenters. The van der Waals surface area contributed by atoms with Crippen LogP contribution in [0.4, 0.5) is 0 Å². The van der Waals surface area contributed by atoms with E-state index in [1.165, 1.54) is 6.42 Å². The summed E-state index contributed by atoms with van der Waals surface area (Å²) in [4.78, 5) is 1.46. The highest BCUT2D eigenvalue weighted by Crippen LogP contribution is 2.46. The Morgan fingerprint density at radius 3 is 2.22 bits per heavy atom. The van der Waals surface area contributed by atoms with E-state index in [0.717, 1.165) is 21.5 Å². The molecular formula is C7H8Br2. The zero-order valence-corrected chi connectivity index (χ0v) is 8.10. The van der Waals surface area contributed by atoms with E-state index in [4.69, 9.17) is 0 Å². The first kappa shape index (κ1) is 6.41. The van der Waals surface area contributed by atoms with E-state index in [2.05, 4.69) is 44.0 Å². The minimum absolute atomic E-state index is 0.724. The van der Waals surface area contributed by atoms with Crippen LogP contribution in [-0.2, 0) is 0 Å². The molecular weight excluding hydrogens is 244 g/mol. The normalized spacial score (nSPS) is 54.9. The number of rotatable bonds is 0. The molecule has 0 nitrogen and oxygen atoms in total. The second-order valence-electron chi connectivity index (χ2n) is 2.82. The third-order valence-corrected chi connectivity index (χ3v) is 4.55. The average molecular weight is 252 g/mol. The molecule has 0 spiro atoms. The Morgan fingerprint density at radius 2 is 2.00 bits per heavy atom. The fourth-order valence-corrected chi connectivity index (χ4v) is 4.00. The Kier molecular flexibility index (Phi) is 1.49. The highest BCUT2D eigenvalue weighted by atomic mass is 79.9. The molecule has 0 radical (unpaired) electrons. The molecule has 4 atom stereocenters. The topological polar surface area (TPSA) is 0 Å². The smallest absolute Gasteiger partial charge is 0.0282 e. The molecule has 0 heterocycles. The van der Waals surface area contributed by atoms with Gasteiger partial charge in [0.1, 0.15) is 0 Å². The van der Waals surface area contributed by atoms with Gasteiger partial charge >= 0.3 is 0 Å². The van der Waals surface area contributed by atoms with Gasteiger partial charge in [-0.15, -0.1) is 0 Å². The molecule has 0 aromatic heterocycles. The second-order valence-corrected chi connectivity index (χ2v) is 5.06. The third-order valence-electron chi connectivity index (χ3n) is 2.27. The molecule has 0 saturated heterocycles. The lowest BCUT2D eigenvalue weighted by Crippen LogP contribution is -2.08. The molecule has 0 aromatic rings. The molecule has 2 bridgehead atoms. The first-order chi connectivity index (χ1) is 4.29. The van der Waals surface area contributed by atoms with Crippen LogP contribution in [0.5, 0.6) is 0 Å². The number of alkyl halides is 2. The van der Waals surface area contributed by atoms with Crippen LogP contribution < -0.4 is 0 Å². The van der Waals surface area contributed by atoms with Gasteiger partial charge in [-0.1, -0.05) is 44.0 Å². The summed E-state index contributed by atoms with van der Waals surface area (Å²) in [7, 11) is 0. The summed E-state index contributed by atoms with van der Waals surface area (Å²) in [6, 6.07) is 0. The van der Waals surface area contributed by atoms with E-state index in [-0.39, 0.29) is 0 Å². The lowest BCUT2D eigenvalue weighted by Gasteiger charge is -2.08. The van der Waals surface area contributed by atoms with Crippen molar-refractivity contribution >= 4 is 31.9 Å². The van der Waals surface area contributed by atoms with E-state index in [1.807, 2.05) is 0 Å². The molecule has 0 aliphatic heterocycles. The molecule has 1 fully saturated rings. The van der Waals surface area contributed by atoms with Crippen LogP contribution in [0.15, 0.2) is 12.2 Å². The molecule has 0 aromatic carbocycles.